The maximum Gasteiger partial charge on any atom is 0.137 e. The maximum absolute atomic E-state index is 12.0. The third-order valence-electron chi connectivity index (χ3n) is 3.18. The van der Waals surface area contributed by atoms with E-state index in [1.807, 2.05) is 48.5 Å². The van der Waals surface area contributed by atoms with Gasteiger partial charge in [0, 0.05) is 18.5 Å². The summed E-state index contributed by atoms with van der Waals surface area (Å²) in [4.78, 5) is 12.0. The van der Waals surface area contributed by atoms with Crippen LogP contribution in [0.1, 0.15) is 17.5 Å². The zero-order valence-electron chi connectivity index (χ0n) is 11.6. The highest BCUT2D eigenvalue weighted by atomic mass is 16.5. The standard InChI is InChI=1S/C17H19NO2/c1-20-17-7-3-5-14(12-17)11-16(19)9-8-13-4-2-6-15(18)10-13/h2-7,10,12H,8-9,11,18H2,1H3. The number of rotatable bonds is 6. The van der Waals surface area contributed by atoms with Crippen molar-refractivity contribution >= 4 is 11.5 Å². The number of hydrogen-bond acceptors (Lipinski definition) is 3. The van der Waals surface area contributed by atoms with Crippen LogP contribution in [0.25, 0.3) is 0 Å². The predicted molar refractivity (Wildman–Crippen MR) is 80.9 cm³/mol. The molecule has 0 saturated carbocycles. The molecule has 0 aliphatic carbocycles. The number of anilines is 1. The molecule has 0 saturated heterocycles. The van der Waals surface area contributed by atoms with E-state index in [0.29, 0.717) is 12.8 Å². The highest BCUT2D eigenvalue weighted by molar-refractivity contribution is 5.81. The predicted octanol–water partition coefficient (Wildman–Crippen LogP) is 3.02. The minimum atomic E-state index is 0.223. The number of hydrogen-bond donors (Lipinski definition) is 1. The third-order valence-corrected chi connectivity index (χ3v) is 3.18. The van der Waals surface area contributed by atoms with Crippen LogP contribution in [0, 0.1) is 0 Å². The molecule has 0 spiro atoms. The first-order chi connectivity index (χ1) is 9.67. The number of ketones is 1. The molecule has 3 heteroatoms. The van der Waals surface area contributed by atoms with Gasteiger partial charge in [-0.1, -0.05) is 24.3 Å². The molecule has 0 aromatic heterocycles. The fourth-order valence-electron chi connectivity index (χ4n) is 2.13. The van der Waals surface area contributed by atoms with Gasteiger partial charge in [-0.15, -0.1) is 0 Å². The van der Waals surface area contributed by atoms with Gasteiger partial charge in [0.25, 0.3) is 0 Å². The lowest BCUT2D eigenvalue weighted by Gasteiger charge is -2.05. The van der Waals surface area contributed by atoms with Gasteiger partial charge < -0.3 is 10.5 Å². The van der Waals surface area contributed by atoms with Crippen molar-refractivity contribution in [1.82, 2.24) is 0 Å². The van der Waals surface area contributed by atoms with Crippen LogP contribution in [0.5, 0.6) is 5.75 Å². The first-order valence-corrected chi connectivity index (χ1v) is 6.66. The van der Waals surface area contributed by atoms with E-state index in [1.54, 1.807) is 7.11 Å². The lowest BCUT2D eigenvalue weighted by molar-refractivity contribution is -0.118. The number of carbonyl (C=O) groups excluding carboxylic acids is 1. The summed E-state index contributed by atoms with van der Waals surface area (Å²) in [7, 11) is 1.63. The Balaban J connectivity index is 1.89. The van der Waals surface area contributed by atoms with Gasteiger partial charge in [-0.3, -0.25) is 4.79 Å². The number of methoxy groups -OCH3 is 1. The van der Waals surface area contributed by atoms with Crippen LogP contribution in [-0.4, -0.2) is 12.9 Å². The Morgan fingerprint density at radius 1 is 1.10 bits per heavy atom. The van der Waals surface area contributed by atoms with E-state index in [9.17, 15) is 4.79 Å². The van der Waals surface area contributed by atoms with E-state index in [4.69, 9.17) is 10.5 Å². The van der Waals surface area contributed by atoms with Crippen LogP contribution in [0.15, 0.2) is 48.5 Å². The molecular weight excluding hydrogens is 250 g/mol. The van der Waals surface area contributed by atoms with E-state index in [-0.39, 0.29) is 5.78 Å². The number of ether oxygens (including phenoxy) is 1. The van der Waals surface area contributed by atoms with Gasteiger partial charge in [0.2, 0.25) is 0 Å². The van der Waals surface area contributed by atoms with Gasteiger partial charge in [-0.2, -0.15) is 0 Å². The lowest BCUT2D eigenvalue weighted by atomic mass is 10.0. The number of carbonyl (C=O) groups is 1. The molecule has 2 rings (SSSR count). The van der Waals surface area contributed by atoms with Crippen molar-refractivity contribution in [2.24, 2.45) is 0 Å². The van der Waals surface area contributed by atoms with Crippen LogP contribution < -0.4 is 10.5 Å². The fourth-order valence-corrected chi connectivity index (χ4v) is 2.13. The lowest BCUT2D eigenvalue weighted by Crippen LogP contribution is -2.04. The molecular formula is C17H19NO2. The highest BCUT2D eigenvalue weighted by Crippen LogP contribution is 2.14. The molecule has 2 aromatic carbocycles. The zero-order valence-corrected chi connectivity index (χ0v) is 11.6. The molecule has 0 aliphatic heterocycles. The number of benzene rings is 2. The quantitative estimate of drug-likeness (QED) is 0.820. The van der Waals surface area contributed by atoms with Crippen molar-refractivity contribution in [1.29, 1.82) is 0 Å². The number of Topliss-reactive ketones (excluding diaryl/α,β-unsaturated/α-hetero) is 1. The molecule has 2 aromatic rings. The molecule has 2 N–H and O–H groups in total. The van der Waals surface area contributed by atoms with Crippen LogP contribution in [0.4, 0.5) is 5.69 Å². The average molecular weight is 269 g/mol. The third kappa shape index (κ3) is 4.12. The Bertz CT molecular complexity index is 593. The first kappa shape index (κ1) is 14.1. The normalized spacial score (nSPS) is 10.2. The van der Waals surface area contributed by atoms with Gasteiger partial charge in [-0.25, -0.2) is 0 Å². The van der Waals surface area contributed by atoms with E-state index < -0.39 is 0 Å². The molecule has 0 fully saturated rings. The molecule has 0 aliphatic rings. The van der Waals surface area contributed by atoms with Crippen molar-refractivity contribution in [3.8, 4) is 5.75 Å². The molecule has 0 amide bonds. The Hall–Kier alpha value is -2.29. The van der Waals surface area contributed by atoms with Crippen molar-refractivity contribution in [2.45, 2.75) is 19.3 Å². The Morgan fingerprint density at radius 3 is 2.60 bits per heavy atom. The Labute approximate surface area is 119 Å². The highest BCUT2D eigenvalue weighted by Gasteiger charge is 2.05. The first-order valence-electron chi connectivity index (χ1n) is 6.66. The van der Waals surface area contributed by atoms with Crippen molar-refractivity contribution in [3.05, 3.63) is 59.7 Å². The van der Waals surface area contributed by atoms with Crippen LogP contribution in [0.3, 0.4) is 0 Å². The molecule has 3 nitrogen and oxygen atoms in total. The topological polar surface area (TPSA) is 52.3 Å². The van der Waals surface area contributed by atoms with Gasteiger partial charge >= 0.3 is 0 Å². The SMILES string of the molecule is COc1cccc(CC(=O)CCc2cccc(N)c2)c1. The van der Waals surface area contributed by atoms with Crippen molar-refractivity contribution in [3.63, 3.8) is 0 Å². The maximum atomic E-state index is 12.0. The summed E-state index contributed by atoms with van der Waals surface area (Å²) in [5.41, 5.74) is 8.55. The second-order valence-electron chi connectivity index (χ2n) is 4.81. The minimum Gasteiger partial charge on any atom is -0.497 e. The number of aryl methyl sites for hydroxylation is 1. The number of nitrogens with two attached hydrogens (primary N) is 1. The second kappa shape index (κ2) is 6.75. The summed E-state index contributed by atoms with van der Waals surface area (Å²) in [6.45, 7) is 0. The van der Waals surface area contributed by atoms with Gasteiger partial charge in [-0.05, 0) is 41.8 Å². The fraction of sp³-hybridized carbons (Fsp3) is 0.235. The van der Waals surface area contributed by atoms with Crippen molar-refractivity contribution in [2.75, 3.05) is 12.8 Å². The van der Waals surface area contributed by atoms with Crippen LogP contribution >= 0.6 is 0 Å². The van der Waals surface area contributed by atoms with E-state index in [2.05, 4.69) is 0 Å². The molecule has 20 heavy (non-hydrogen) atoms. The van der Waals surface area contributed by atoms with Crippen molar-refractivity contribution < 1.29 is 9.53 Å². The molecule has 0 atom stereocenters. The molecule has 0 heterocycles. The summed E-state index contributed by atoms with van der Waals surface area (Å²) in [6, 6.07) is 15.3. The van der Waals surface area contributed by atoms with E-state index in [0.717, 1.165) is 29.0 Å². The van der Waals surface area contributed by atoms with E-state index >= 15 is 0 Å². The smallest absolute Gasteiger partial charge is 0.137 e. The molecule has 104 valence electrons. The van der Waals surface area contributed by atoms with Gasteiger partial charge in [0.15, 0.2) is 0 Å². The number of nitrogen functional groups attached to an aromatic ring is 1. The summed E-state index contributed by atoms with van der Waals surface area (Å²) >= 11 is 0. The van der Waals surface area contributed by atoms with Gasteiger partial charge in [0.1, 0.15) is 11.5 Å². The molecule has 0 unspecified atom stereocenters. The van der Waals surface area contributed by atoms with Crippen LogP contribution in [-0.2, 0) is 17.6 Å². The van der Waals surface area contributed by atoms with Gasteiger partial charge in [0.05, 0.1) is 7.11 Å². The largest absolute Gasteiger partial charge is 0.497 e. The average Bonchev–Trinajstić information content (AvgIpc) is 2.45. The Kier molecular flexibility index (Phi) is 4.77. The Morgan fingerprint density at radius 2 is 1.85 bits per heavy atom. The summed E-state index contributed by atoms with van der Waals surface area (Å²) in [6.07, 6.45) is 1.70. The molecule has 0 bridgehead atoms. The second-order valence-corrected chi connectivity index (χ2v) is 4.81. The van der Waals surface area contributed by atoms with E-state index in [1.165, 1.54) is 0 Å². The van der Waals surface area contributed by atoms with Crippen LogP contribution in [0.2, 0.25) is 0 Å². The minimum absolute atomic E-state index is 0.223. The monoisotopic (exact) mass is 269 g/mol. The summed E-state index contributed by atoms with van der Waals surface area (Å²) in [5.74, 6) is 1.01. The zero-order chi connectivity index (χ0) is 14.4. The summed E-state index contributed by atoms with van der Waals surface area (Å²) < 4.78 is 5.15. The summed E-state index contributed by atoms with van der Waals surface area (Å²) in [5, 5.41) is 0. The molecule has 0 radical (unpaired) electrons.